The lowest BCUT2D eigenvalue weighted by Crippen LogP contribution is -2.22. The molecule has 5 nitrogen and oxygen atoms in total. The summed E-state index contributed by atoms with van der Waals surface area (Å²) in [4.78, 5) is 27.5. The number of hydrogen-bond acceptors (Lipinski definition) is 3. The molecule has 0 saturated carbocycles. The van der Waals surface area contributed by atoms with Crippen molar-refractivity contribution < 1.29 is 4.79 Å². The number of hydrogen-bond donors (Lipinski definition) is 1. The zero-order chi connectivity index (χ0) is 18.8. The van der Waals surface area contributed by atoms with E-state index in [0.717, 1.165) is 36.2 Å². The standard InChI is InChI=1S/C22H23N3O2/c1-24-20-10-3-2-9-18(20)19(14-21(24)26)22(27)23-17-8-6-7-16(13-17)15-25-11-4-5-12-25/h2-3,6-10,13-14H,4-5,11-12,15H2,1H3,(H,23,27). The number of anilines is 1. The van der Waals surface area contributed by atoms with Gasteiger partial charge in [-0.05, 0) is 49.7 Å². The molecule has 0 aliphatic carbocycles. The van der Waals surface area contributed by atoms with E-state index >= 15 is 0 Å². The van der Waals surface area contributed by atoms with E-state index in [0.29, 0.717) is 5.56 Å². The van der Waals surface area contributed by atoms with Crippen LogP contribution in [0.4, 0.5) is 5.69 Å². The number of rotatable bonds is 4. The van der Waals surface area contributed by atoms with Crippen LogP contribution >= 0.6 is 0 Å². The maximum absolute atomic E-state index is 12.9. The predicted molar refractivity (Wildman–Crippen MR) is 108 cm³/mol. The zero-order valence-corrected chi connectivity index (χ0v) is 15.4. The first-order chi connectivity index (χ1) is 13.1. The van der Waals surface area contributed by atoms with E-state index < -0.39 is 0 Å². The average Bonchev–Trinajstić information content (AvgIpc) is 3.18. The molecule has 2 heterocycles. The van der Waals surface area contributed by atoms with Crippen LogP contribution in [0.15, 0.2) is 59.4 Å². The van der Waals surface area contributed by atoms with Crippen molar-refractivity contribution in [3.05, 3.63) is 76.1 Å². The molecule has 1 aliphatic heterocycles. The number of nitrogens with zero attached hydrogens (tertiary/aromatic N) is 2. The van der Waals surface area contributed by atoms with Gasteiger partial charge in [-0.25, -0.2) is 0 Å². The Labute approximate surface area is 158 Å². The summed E-state index contributed by atoms with van der Waals surface area (Å²) in [5.41, 5.74) is 2.89. The van der Waals surface area contributed by atoms with Gasteiger partial charge in [0.2, 0.25) is 0 Å². The van der Waals surface area contributed by atoms with Crippen molar-refractivity contribution in [2.75, 3.05) is 18.4 Å². The Morgan fingerprint density at radius 1 is 1.04 bits per heavy atom. The van der Waals surface area contributed by atoms with Crippen LogP contribution in [0.3, 0.4) is 0 Å². The van der Waals surface area contributed by atoms with Crippen molar-refractivity contribution in [2.24, 2.45) is 7.05 Å². The topological polar surface area (TPSA) is 54.3 Å². The zero-order valence-electron chi connectivity index (χ0n) is 15.4. The molecule has 1 N–H and O–H groups in total. The van der Waals surface area contributed by atoms with Crippen molar-refractivity contribution in [1.82, 2.24) is 9.47 Å². The van der Waals surface area contributed by atoms with Crippen LogP contribution < -0.4 is 10.9 Å². The second-order valence-electron chi connectivity index (χ2n) is 7.11. The summed E-state index contributed by atoms with van der Waals surface area (Å²) in [6.45, 7) is 3.17. The van der Waals surface area contributed by atoms with E-state index in [1.54, 1.807) is 11.6 Å². The Kier molecular flexibility index (Phi) is 4.77. The molecule has 1 aliphatic rings. The van der Waals surface area contributed by atoms with E-state index in [-0.39, 0.29) is 11.5 Å². The second kappa shape index (κ2) is 7.37. The number of aromatic nitrogens is 1. The third-order valence-electron chi connectivity index (χ3n) is 5.19. The Morgan fingerprint density at radius 3 is 2.63 bits per heavy atom. The molecule has 4 rings (SSSR count). The van der Waals surface area contributed by atoms with Crippen LogP contribution in [-0.2, 0) is 13.6 Å². The monoisotopic (exact) mass is 361 g/mol. The van der Waals surface area contributed by atoms with Crippen molar-refractivity contribution >= 4 is 22.5 Å². The Morgan fingerprint density at radius 2 is 1.81 bits per heavy atom. The van der Waals surface area contributed by atoms with Crippen LogP contribution in [-0.4, -0.2) is 28.5 Å². The van der Waals surface area contributed by atoms with Crippen molar-refractivity contribution in [1.29, 1.82) is 0 Å². The van der Waals surface area contributed by atoms with Gasteiger partial charge in [-0.2, -0.15) is 0 Å². The molecular formula is C22H23N3O2. The van der Waals surface area contributed by atoms with Crippen LogP contribution in [0.25, 0.3) is 10.9 Å². The number of pyridine rings is 1. The first-order valence-corrected chi connectivity index (χ1v) is 9.33. The van der Waals surface area contributed by atoms with E-state index in [1.165, 1.54) is 24.5 Å². The lowest BCUT2D eigenvalue weighted by Gasteiger charge is -2.15. The van der Waals surface area contributed by atoms with E-state index in [2.05, 4.69) is 16.3 Å². The molecule has 0 radical (unpaired) electrons. The molecule has 0 spiro atoms. The van der Waals surface area contributed by atoms with Gasteiger partial charge in [0, 0.05) is 30.7 Å². The van der Waals surface area contributed by atoms with Crippen molar-refractivity contribution in [3.8, 4) is 0 Å². The third kappa shape index (κ3) is 3.64. The third-order valence-corrected chi connectivity index (χ3v) is 5.19. The number of amides is 1. The Bertz CT molecular complexity index is 1050. The molecular weight excluding hydrogens is 338 g/mol. The van der Waals surface area contributed by atoms with E-state index in [1.807, 2.05) is 42.5 Å². The molecule has 27 heavy (non-hydrogen) atoms. The quantitative estimate of drug-likeness (QED) is 0.775. The van der Waals surface area contributed by atoms with Crippen LogP contribution in [0.1, 0.15) is 28.8 Å². The molecule has 0 bridgehead atoms. The summed E-state index contributed by atoms with van der Waals surface area (Å²) in [6, 6.07) is 16.8. The van der Waals surface area contributed by atoms with Gasteiger partial charge in [0.1, 0.15) is 0 Å². The normalized spacial score (nSPS) is 14.6. The molecule has 0 atom stereocenters. The van der Waals surface area contributed by atoms with Gasteiger partial charge < -0.3 is 9.88 Å². The molecule has 1 fully saturated rings. The molecule has 1 amide bonds. The summed E-state index contributed by atoms with van der Waals surface area (Å²) >= 11 is 0. The molecule has 0 unspecified atom stereocenters. The lowest BCUT2D eigenvalue weighted by atomic mass is 10.1. The molecule has 5 heteroatoms. The maximum atomic E-state index is 12.9. The highest BCUT2D eigenvalue weighted by Crippen LogP contribution is 2.20. The van der Waals surface area contributed by atoms with Gasteiger partial charge in [-0.15, -0.1) is 0 Å². The van der Waals surface area contributed by atoms with Crippen LogP contribution in [0.5, 0.6) is 0 Å². The van der Waals surface area contributed by atoms with Crippen LogP contribution in [0, 0.1) is 0 Å². The molecule has 3 aromatic rings. The van der Waals surface area contributed by atoms with Crippen LogP contribution in [0.2, 0.25) is 0 Å². The number of likely N-dealkylation sites (tertiary alicyclic amines) is 1. The average molecular weight is 361 g/mol. The fourth-order valence-corrected chi connectivity index (χ4v) is 3.74. The minimum Gasteiger partial charge on any atom is -0.322 e. The van der Waals surface area contributed by atoms with Gasteiger partial charge >= 0.3 is 0 Å². The SMILES string of the molecule is Cn1c(=O)cc(C(=O)Nc2cccc(CN3CCCC3)c2)c2ccccc21. The Hall–Kier alpha value is -2.92. The predicted octanol–water partition coefficient (Wildman–Crippen LogP) is 3.39. The number of aryl methyl sites for hydroxylation is 1. The molecule has 1 saturated heterocycles. The number of nitrogens with one attached hydrogen (secondary N) is 1. The minimum absolute atomic E-state index is 0.193. The molecule has 1 aromatic heterocycles. The largest absolute Gasteiger partial charge is 0.322 e. The van der Waals surface area contributed by atoms with Crippen molar-refractivity contribution in [2.45, 2.75) is 19.4 Å². The van der Waals surface area contributed by atoms with Gasteiger partial charge in [0.05, 0.1) is 11.1 Å². The number of carbonyl (C=O) groups excluding carboxylic acids is 1. The van der Waals surface area contributed by atoms with Gasteiger partial charge in [0.25, 0.3) is 11.5 Å². The summed E-state index contributed by atoms with van der Waals surface area (Å²) < 4.78 is 1.56. The highest BCUT2D eigenvalue weighted by molar-refractivity contribution is 6.12. The maximum Gasteiger partial charge on any atom is 0.256 e. The smallest absolute Gasteiger partial charge is 0.256 e. The highest BCUT2D eigenvalue weighted by atomic mass is 16.2. The van der Waals surface area contributed by atoms with Gasteiger partial charge in [0.15, 0.2) is 0 Å². The summed E-state index contributed by atoms with van der Waals surface area (Å²) in [5, 5.41) is 3.73. The summed E-state index contributed by atoms with van der Waals surface area (Å²) in [6.07, 6.45) is 2.51. The fourth-order valence-electron chi connectivity index (χ4n) is 3.74. The number of benzene rings is 2. The number of fused-ring (bicyclic) bond motifs is 1. The number of para-hydroxylation sites is 1. The summed E-state index contributed by atoms with van der Waals surface area (Å²) in [7, 11) is 1.72. The first kappa shape index (κ1) is 17.5. The fraction of sp³-hybridized carbons (Fsp3) is 0.273. The van der Waals surface area contributed by atoms with Crippen molar-refractivity contribution in [3.63, 3.8) is 0 Å². The van der Waals surface area contributed by atoms with Gasteiger partial charge in [-0.1, -0.05) is 30.3 Å². The van der Waals surface area contributed by atoms with Gasteiger partial charge in [-0.3, -0.25) is 14.5 Å². The minimum atomic E-state index is -0.262. The first-order valence-electron chi connectivity index (χ1n) is 9.33. The second-order valence-corrected chi connectivity index (χ2v) is 7.11. The summed E-state index contributed by atoms with van der Waals surface area (Å²) in [5.74, 6) is -0.262. The van der Waals surface area contributed by atoms with E-state index in [9.17, 15) is 9.59 Å². The molecule has 138 valence electrons. The Balaban J connectivity index is 1.60. The number of carbonyl (C=O) groups is 1. The van der Waals surface area contributed by atoms with E-state index in [4.69, 9.17) is 0 Å². The highest BCUT2D eigenvalue weighted by Gasteiger charge is 2.15. The lowest BCUT2D eigenvalue weighted by molar-refractivity contribution is 0.102. The molecule has 2 aromatic carbocycles.